The van der Waals surface area contributed by atoms with Crippen molar-refractivity contribution in [3.05, 3.63) is 36.5 Å². The Balaban J connectivity index is 2.37. The highest BCUT2D eigenvalue weighted by atomic mass is 16.7. The molecule has 0 spiro atoms. The molecule has 9 heteroatoms. The molecule has 1 heterocycles. The lowest BCUT2D eigenvalue weighted by Crippen LogP contribution is -2.60. The largest absolute Gasteiger partial charge is 0.394 e. The van der Waals surface area contributed by atoms with Gasteiger partial charge in [-0.2, -0.15) is 0 Å². The minimum Gasteiger partial charge on any atom is -0.394 e. The Bertz CT molecular complexity index is 910. The van der Waals surface area contributed by atoms with E-state index >= 15 is 0 Å². The van der Waals surface area contributed by atoms with Crippen LogP contribution in [0.1, 0.15) is 174 Å². The topological polar surface area (TPSA) is 149 Å². The lowest BCUT2D eigenvalue weighted by Gasteiger charge is -2.40. The fourth-order valence-electron chi connectivity index (χ4n) is 6.59. The van der Waals surface area contributed by atoms with Crippen molar-refractivity contribution < 1.29 is 39.8 Å². The number of ether oxygens (including phenoxy) is 2. The first-order valence-corrected chi connectivity index (χ1v) is 21.2. The van der Waals surface area contributed by atoms with E-state index in [-0.39, 0.29) is 12.5 Å². The van der Waals surface area contributed by atoms with E-state index < -0.39 is 49.5 Å². The minimum absolute atomic E-state index is 0.142. The first-order chi connectivity index (χ1) is 25.3. The number of aliphatic hydroxyl groups is 5. The minimum atomic E-state index is -1.55. The van der Waals surface area contributed by atoms with Crippen molar-refractivity contribution >= 4 is 5.91 Å². The average Bonchev–Trinajstić information content (AvgIpc) is 3.14. The number of amides is 1. The molecule has 0 aromatic carbocycles. The van der Waals surface area contributed by atoms with Gasteiger partial charge in [0.2, 0.25) is 5.91 Å². The van der Waals surface area contributed by atoms with Crippen LogP contribution in [0.3, 0.4) is 0 Å². The van der Waals surface area contributed by atoms with Crippen LogP contribution in [-0.2, 0) is 14.3 Å². The maximum Gasteiger partial charge on any atom is 0.220 e. The lowest BCUT2D eigenvalue weighted by atomic mass is 9.99. The first-order valence-electron chi connectivity index (χ1n) is 21.2. The maximum absolute atomic E-state index is 12.9. The van der Waals surface area contributed by atoms with Gasteiger partial charge in [-0.15, -0.1) is 0 Å². The molecule has 304 valence electrons. The first kappa shape index (κ1) is 48.4. The molecule has 0 aliphatic carbocycles. The summed E-state index contributed by atoms with van der Waals surface area (Å²) in [7, 11) is 0. The highest BCUT2D eigenvalue weighted by Crippen LogP contribution is 2.23. The summed E-state index contributed by atoms with van der Waals surface area (Å²) in [5.74, 6) is -0.157. The van der Waals surface area contributed by atoms with Gasteiger partial charge in [-0.05, 0) is 44.9 Å². The summed E-state index contributed by atoms with van der Waals surface area (Å²) in [5, 5.41) is 54.2. The van der Waals surface area contributed by atoms with Crippen molar-refractivity contribution in [3.63, 3.8) is 0 Å². The fourth-order valence-corrected chi connectivity index (χ4v) is 6.59. The second-order valence-electron chi connectivity index (χ2n) is 14.8. The van der Waals surface area contributed by atoms with Gasteiger partial charge in [-0.3, -0.25) is 4.79 Å². The van der Waals surface area contributed by atoms with E-state index in [1.807, 2.05) is 0 Å². The van der Waals surface area contributed by atoms with E-state index in [1.165, 1.54) is 77.0 Å². The van der Waals surface area contributed by atoms with Gasteiger partial charge in [0.05, 0.1) is 25.4 Å². The van der Waals surface area contributed by atoms with Gasteiger partial charge in [0.25, 0.3) is 0 Å². The number of allylic oxidation sites excluding steroid dienone is 6. The lowest BCUT2D eigenvalue weighted by molar-refractivity contribution is -0.302. The Morgan fingerprint density at radius 1 is 0.673 bits per heavy atom. The highest BCUT2D eigenvalue weighted by Gasteiger charge is 2.44. The third-order valence-electron chi connectivity index (χ3n) is 10.0. The van der Waals surface area contributed by atoms with Crippen LogP contribution in [0.25, 0.3) is 0 Å². The molecule has 1 rings (SSSR count). The molecular weight excluding hydrogens is 658 g/mol. The zero-order chi connectivity index (χ0) is 38.1. The van der Waals surface area contributed by atoms with Crippen LogP contribution < -0.4 is 5.32 Å². The van der Waals surface area contributed by atoms with Crippen molar-refractivity contribution in [3.8, 4) is 0 Å². The summed E-state index contributed by atoms with van der Waals surface area (Å²) >= 11 is 0. The predicted molar refractivity (Wildman–Crippen MR) is 212 cm³/mol. The third kappa shape index (κ3) is 24.7. The number of rotatable bonds is 34. The Kier molecular flexibility index (Phi) is 31.6. The van der Waals surface area contributed by atoms with E-state index in [4.69, 9.17) is 9.47 Å². The Morgan fingerprint density at radius 3 is 1.77 bits per heavy atom. The number of carbonyl (C=O) groups is 1. The monoisotopic (exact) mass is 738 g/mol. The van der Waals surface area contributed by atoms with Gasteiger partial charge in [0.1, 0.15) is 24.4 Å². The van der Waals surface area contributed by atoms with Gasteiger partial charge >= 0.3 is 0 Å². The van der Waals surface area contributed by atoms with Crippen LogP contribution in [0.5, 0.6) is 0 Å². The maximum atomic E-state index is 12.9. The number of carbonyl (C=O) groups excluding carboxylic acids is 1. The van der Waals surface area contributed by atoms with Gasteiger partial charge in [-0.25, -0.2) is 0 Å². The molecule has 0 radical (unpaired) electrons. The summed E-state index contributed by atoms with van der Waals surface area (Å²) in [6.45, 7) is 3.69. The molecule has 9 nitrogen and oxygen atoms in total. The molecule has 7 atom stereocenters. The molecule has 0 saturated carbocycles. The van der Waals surface area contributed by atoms with Gasteiger partial charge in [-0.1, -0.05) is 159 Å². The Morgan fingerprint density at radius 2 is 1.19 bits per heavy atom. The van der Waals surface area contributed by atoms with Crippen LogP contribution in [0, 0.1) is 0 Å². The van der Waals surface area contributed by atoms with Gasteiger partial charge < -0.3 is 40.3 Å². The zero-order valence-electron chi connectivity index (χ0n) is 33.1. The molecule has 1 fully saturated rings. The summed E-state index contributed by atoms with van der Waals surface area (Å²) < 4.78 is 11.2. The Hall–Kier alpha value is -1.59. The average molecular weight is 738 g/mol. The van der Waals surface area contributed by atoms with Crippen molar-refractivity contribution in [1.82, 2.24) is 5.32 Å². The van der Waals surface area contributed by atoms with Crippen LogP contribution in [0.2, 0.25) is 0 Å². The van der Waals surface area contributed by atoms with Gasteiger partial charge in [0.15, 0.2) is 6.29 Å². The van der Waals surface area contributed by atoms with E-state index in [1.54, 1.807) is 0 Å². The number of aliphatic hydroxyl groups excluding tert-OH is 5. The molecule has 6 N–H and O–H groups in total. The van der Waals surface area contributed by atoms with Crippen LogP contribution >= 0.6 is 0 Å². The van der Waals surface area contributed by atoms with Gasteiger partial charge in [0, 0.05) is 6.42 Å². The van der Waals surface area contributed by atoms with Crippen molar-refractivity contribution in [2.75, 3.05) is 13.2 Å². The van der Waals surface area contributed by atoms with Crippen LogP contribution in [-0.4, -0.2) is 87.5 Å². The predicted octanol–water partition coefficient (Wildman–Crippen LogP) is 8.11. The molecule has 52 heavy (non-hydrogen) atoms. The normalized spacial score (nSPS) is 22.2. The summed E-state index contributed by atoms with van der Waals surface area (Å²) in [5.41, 5.74) is 0. The fraction of sp³-hybridized carbons (Fsp3) is 0.837. The number of hydrogen-bond acceptors (Lipinski definition) is 8. The third-order valence-corrected chi connectivity index (χ3v) is 10.0. The standard InChI is InChI=1S/C43H79NO8/c1-3-5-7-9-11-13-15-17-18-19-20-21-23-25-27-29-31-33-39(47)44-36(35-51-43-42(50)41(49)40(48)38(34-45)52-43)37(46)32-30-28-26-24-22-16-14-12-10-8-6-4-2/h5,7,11,13,17-18,36-38,40-43,45-46,48-50H,3-4,6,8-10,12,14-16,19-35H2,1-2H3,(H,44,47)/b7-5-,13-11-,18-17-. The highest BCUT2D eigenvalue weighted by molar-refractivity contribution is 5.76. The molecule has 0 bridgehead atoms. The molecular formula is C43H79NO8. The summed E-state index contributed by atoms with van der Waals surface area (Å²) in [4.78, 5) is 12.9. The molecule has 1 saturated heterocycles. The Labute approximate surface area is 317 Å². The second kappa shape index (κ2) is 33.9. The summed E-state index contributed by atoms with van der Waals surface area (Å²) in [6.07, 6.45) is 32.9. The van der Waals surface area contributed by atoms with Crippen molar-refractivity contribution in [2.24, 2.45) is 0 Å². The molecule has 0 aromatic heterocycles. The SMILES string of the molecule is CC/C=C\C/C=C\C/C=C\CCCCCCCCCC(=O)NC(COC1OC(CO)C(O)C(O)C1O)C(O)CCCCCCCCCCCCCC. The zero-order valence-corrected chi connectivity index (χ0v) is 33.1. The molecule has 7 unspecified atom stereocenters. The number of unbranched alkanes of at least 4 members (excludes halogenated alkanes) is 18. The van der Waals surface area contributed by atoms with E-state index in [0.29, 0.717) is 12.8 Å². The quantitative estimate of drug-likeness (QED) is 0.0287. The molecule has 1 aliphatic rings. The smallest absolute Gasteiger partial charge is 0.220 e. The molecule has 1 amide bonds. The van der Waals surface area contributed by atoms with Crippen molar-refractivity contribution in [1.29, 1.82) is 0 Å². The van der Waals surface area contributed by atoms with E-state index in [0.717, 1.165) is 70.6 Å². The van der Waals surface area contributed by atoms with E-state index in [2.05, 4.69) is 55.6 Å². The summed E-state index contributed by atoms with van der Waals surface area (Å²) in [6, 6.07) is -0.722. The van der Waals surface area contributed by atoms with Crippen molar-refractivity contribution in [2.45, 2.75) is 217 Å². The molecule has 1 aliphatic heterocycles. The van der Waals surface area contributed by atoms with E-state index in [9.17, 15) is 30.3 Å². The second-order valence-corrected chi connectivity index (χ2v) is 14.8. The molecule has 0 aromatic rings. The van der Waals surface area contributed by atoms with Crippen LogP contribution in [0.4, 0.5) is 0 Å². The number of hydrogen-bond donors (Lipinski definition) is 6. The number of nitrogens with one attached hydrogen (secondary N) is 1. The van der Waals surface area contributed by atoms with Crippen LogP contribution in [0.15, 0.2) is 36.5 Å².